The average molecular weight is 673 g/mol. The Kier molecular flexibility index (Phi) is 8.83. The summed E-state index contributed by atoms with van der Waals surface area (Å²) in [6.45, 7) is 9.03. The molecular formula is C50H44N2. The fraction of sp³-hybridized carbons (Fsp3) is 0.120. The third-order valence-corrected chi connectivity index (χ3v) is 10.7. The van der Waals surface area contributed by atoms with Crippen molar-refractivity contribution in [3.8, 4) is 11.1 Å². The number of hydrogen-bond acceptors (Lipinski definition) is 2. The topological polar surface area (TPSA) is 6.48 Å². The molecule has 0 aliphatic rings. The minimum Gasteiger partial charge on any atom is -0.310 e. The van der Waals surface area contributed by atoms with E-state index in [9.17, 15) is 0 Å². The molecule has 0 fully saturated rings. The molecule has 0 spiro atoms. The van der Waals surface area contributed by atoms with Gasteiger partial charge in [0.25, 0.3) is 0 Å². The summed E-state index contributed by atoms with van der Waals surface area (Å²) in [5.41, 5.74) is 12.0. The Morgan fingerprint density at radius 2 is 0.769 bits per heavy atom. The molecule has 0 saturated carbocycles. The molecule has 0 unspecified atom stereocenters. The Labute approximate surface area is 308 Å². The highest BCUT2D eigenvalue weighted by Gasteiger charge is 2.21. The molecule has 8 aromatic rings. The Bertz CT molecular complexity index is 2450. The monoisotopic (exact) mass is 672 g/mol. The molecule has 2 heteroatoms. The Balaban J connectivity index is 1.16. The molecule has 52 heavy (non-hydrogen) atoms. The van der Waals surface area contributed by atoms with Crippen LogP contribution in [-0.2, 0) is 5.41 Å². The van der Waals surface area contributed by atoms with Crippen molar-refractivity contribution in [2.24, 2.45) is 0 Å². The second kappa shape index (κ2) is 13.9. The molecule has 2 nitrogen and oxygen atoms in total. The van der Waals surface area contributed by atoms with Crippen molar-refractivity contribution in [1.29, 1.82) is 0 Å². The first-order valence-electron chi connectivity index (χ1n) is 18.3. The fourth-order valence-corrected chi connectivity index (χ4v) is 7.23. The van der Waals surface area contributed by atoms with Crippen LogP contribution in [0.3, 0.4) is 0 Å². The van der Waals surface area contributed by atoms with Crippen molar-refractivity contribution < 1.29 is 0 Å². The predicted octanol–water partition coefficient (Wildman–Crippen LogP) is 14.6. The van der Waals surface area contributed by atoms with Gasteiger partial charge < -0.3 is 9.80 Å². The van der Waals surface area contributed by atoms with Gasteiger partial charge >= 0.3 is 0 Å². The summed E-state index contributed by atoms with van der Waals surface area (Å²) < 4.78 is 0. The SMILES string of the molecule is CCC(C)(C)c1ccc(N(c2ccc(-c3ccc(N(c4ccc(C)cc4)c4cccc5ccccc45)cc3)cc2)c2cccc3ccccc23)cc1. The summed E-state index contributed by atoms with van der Waals surface area (Å²) in [5.74, 6) is 0. The van der Waals surface area contributed by atoms with Gasteiger partial charge in [0, 0.05) is 33.5 Å². The molecule has 0 N–H and O–H groups in total. The van der Waals surface area contributed by atoms with E-state index in [1.807, 2.05) is 0 Å². The number of rotatable bonds is 9. The lowest BCUT2D eigenvalue weighted by Crippen LogP contribution is -2.16. The highest BCUT2D eigenvalue weighted by molar-refractivity contribution is 6.00. The summed E-state index contributed by atoms with van der Waals surface area (Å²) in [5, 5.41) is 4.91. The van der Waals surface area contributed by atoms with Crippen LogP contribution in [0.4, 0.5) is 34.1 Å². The van der Waals surface area contributed by atoms with Crippen molar-refractivity contribution in [3.63, 3.8) is 0 Å². The van der Waals surface area contributed by atoms with Gasteiger partial charge in [-0.1, -0.05) is 148 Å². The maximum absolute atomic E-state index is 2.39. The maximum atomic E-state index is 2.39. The molecule has 0 bridgehead atoms. The summed E-state index contributed by atoms with van der Waals surface area (Å²) in [6.07, 6.45) is 1.09. The zero-order valence-corrected chi connectivity index (χ0v) is 30.4. The molecule has 0 aliphatic carbocycles. The molecule has 0 heterocycles. The van der Waals surface area contributed by atoms with Crippen LogP contribution in [-0.4, -0.2) is 0 Å². The van der Waals surface area contributed by atoms with Gasteiger partial charge in [0.15, 0.2) is 0 Å². The normalized spacial score (nSPS) is 11.5. The fourth-order valence-electron chi connectivity index (χ4n) is 7.23. The molecule has 0 atom stereocenters. The highest BCUT2D eigenvalue weighted by Crippen LogP contribution is 2.42. The number of aryl methyl sites for hydroxylation is 1. The van der Waals surface area contributed by atoms with Crippen molar-refractivity contribution in [2.75, 3.05) is 9.80 Å². The molecule has 8 rings (SSSR count). The molecule has 0 aliphatic heterocycles. The third-order valence-electron chi connectivity index (χ3n) is 10.7. The first-order chi connectivity index (χ1) is 25.4. The number of fused-ring (bicyclic) bond motifs is 2. The lowest BCUT2D eigenvalue weighted by molar-refractivity contribution is 0.506. The van der Waals surface area contributed by atoms with Crippen molar-refractivity contribution in [1.82, 2.24) is 0 Å². The molecular weight excluding hydrogens is 629 g/mol. The van der Waals surface area contributed by atoms with Crippen LogP contribution in [0, 0.1) is 6.92 Å². The van der Waals surface area contributed by atoms with E-state index < -0.39 is 0 Å². The number of anilines is 6. The Morgan fingerprint density at radius 1 is 0.404 bits per heavy atom. The maximum Gasteiger partial charge on any atom is 0.0540 e. The third kappa shape index (κ3) is 6.33. The lowest BCUT2D eigenvalue weighted by Gasteiger charge is -2.29. The number of hydrogen-bond donors (Lipinski definition) is 0. The van der Waals surface area contributed by atoms with E-state index >= 15 is 0 Å². The van der Waals surface area contributed by atoms with Gasteiger partial charge in [-0.15, -0.1) is 0 Å². The van der Waals surface area contributed by atoms with E-state index in [4.69, 9.17) is 0 Å². The Hall–Kier alpha value is -6.12. The van der Waals surface area contributed by atoms with E-state index in [2.05, 4.69) is 219 Å². The van der Waals surface area contributed by atoms with Gasteiger partial charge in [-0.2, -0.15) is 0 Å². The minimum atomic E-state index is 0.131. The highest BCUT2D eigenvalue weighted by atomic mass is 15.1. The summed E-state index contributed by atoms with van der Waals surface area (Å²) in [6, 6.07) is 66.3. The molecule has 254 valence electrons. The molecule has 0 radical (unpaired) electrons. The second-order valence-corrected chi connectivity index (χ2v) is 14.4. The van der Waals surface area contributed by atoms with Crippen LogP contribution in [0.5, 0.6) is 0 Å². The number of benzene rings is 8. The molecule has 0 saturated heterocycles. The summed E-state index contributed by atoms with van der Waals surface area (Å²) in [7, 11) is 0. The Morgan fingerprint density at radius 3 is 1.19 bits per heavy atom. The van der Waals surface area contributed by atoms with Crippen LogP contribution in [0.1, 0.15) is 38.3 Å². The first kappa shape index (κ1) is 33.0. The smallest absolute Gasteiger partial charge is 0.0540 e. The van der Waals surface area contributed by atoms with Gasteiger partial charge in [0.2, 0.25) is 0 Å². The van der Waals surface area contributed by atoms with Gasteiger partial charge in [-0.3, -0.25) is 0 Å². The zero-order chi connectivity index (χ0) is 35.7. The molecule has 0 aromatic heterocycles. The van der Waals surface area contributed by atoms with Gasteiger partial charge in [0.1, 0.15) is 0 Å². The quantitative estimate of drug-likeness (QED) is 0.151. The molecule has 8 aromatic carbocycles. The van der Waals surface area contributed by atoms with Gasteiger partial charge in [0.05, 0.1) is 11.4 Å². The van der Waals surface area contributed by atoms with E-state index in [-0.39, 0.29) is 5.41 Å². The summed E-state index contributed by atoms with van der Waals surface area (Å²) in [4.78, 5) is 4.76. The van der Waals surface area contributed by atoms with E-state index in [0.29, 0.717) is 0 Å². The van der Waals surface area contributed by atoms with Crippen LogP contribution in [0.2, 0.25) is 0 Å². The standard InChI is InChI=1S/C50H44N2/c1-5-50(3,4)41-26-34-45(35-27-41)52(49-19-11-15-40-13-7-9-17-47(40)49)44-32-24-38(25-33-44)37-22-30-43(31-23-37)51(42-28-20-36(2)21-29-42)48-18-10-14-39-12-6-8-16-46(39)48/h6-35H,5H2,1-4H3. The number of nitrogens with zero attached hydrogens (tertiary/aromatic N) is 2. The van der Waals surface area contributed by atoms with Crippen molar-refractivity contribution in [3.05, 3.63) is 193 Å². The van der Waals surface area contributed by atoms with E-state index in [0.717, 1.165) is 29.2 Å². The van der Waals surface area contributed by atoms with Crippen molar-refractivity contribution >= 4 is 55.7 Å². The van der Waals surface area contributed by atoms with Crippen LogP contribution < -0.4 is 9.80 Å². The molecule has 0 amide bonds. The van der Waals surface area contributed by atoms with Crippen LogP contribution in [0.25, 0.3) is 32.7 Å². The summed E-state index contributed by atoms with van der Waals surface area (Å²) >= 11 is 0. The average Bonchev–Trinajstić information content (AvgIpc) is 3.20. The zero-order valence-electron chi connectivity index (χ0n) is 30.4. The predicted molar refractivity (Wildman–Crippen MR) is 224 cm³/mol. The second-order valence-electron chi connectivity index (χ2n) is 14.4. The minimum absolute atomic E-state index is 0.131. The largest absolute Gasteiger partial charge is 0.310 e. The van der Waals surface area contributed by atoms with Crippen molar-refractivity contribution in [2.45, 2.75) is 39.5 Å². The van der Waals surface area contributed by atoms with E-state index in [1.165, 1.54) is 55.2 Å². The lowest BCUT2D eigenvalue weighted by atomic mass is 9.82. The van der Waals surface area contributed by atoms with Gasteiger partial charge in [-0.05, 0) is 107 Å². The van der Waals surface area contributed by atoms with Crippen LogP contribution in [0.15, 0.2) is 182 Å². The van der Waals surface area contributed by atoms with E-state index in [1.54, 1.807) is 0 Å². The van der Waals surface area contributed by atoms with Gasteiger partial charge in [-0.25, -0.2) is 0 Å². The van der Waals surface area contributed by atoms with Crippen LogP contribution >= 0.6 is 0 Å². The first-order valence-corrected chi connectivity index (χ1v) is 18.3.